The van der Waals surface area contributed by atoms with E-state index in [1.165, 1.54) is 0 Å². The normalized spacial score (nSPS) is 19.3. The lowest BCUT2D eigenvalue weighted by Crippen LogP contribution is -2.47. The number of methoxy groups -OCH3 is 1. The van der Waals surface area contributed by atoms with Crippen molar-refractivity contribution in [3.63, 3.8) is 0 Å². The van der Waals surface area contributed by atoms with Crippen LogP contribution in [0.25, 0.3) is 0 Å². The Kier molecular flexibility index (Phi) is 6.09. The Labute approximate surface area is 170 Å². The van der Waals surface area contributed by atoms with Crippen molar-refractivity contribution in [2.45, 2.75) is 18.9 Å². The maximum atomic E-state index is 12.3. The third-order valence-electron chi connectivity index (χ3n) is 5.40. The lowest BCUT2D eigenvalue weighted by molar-refractivity contribution is 0.0857. The van der Waals surface area contributed by atoms with Crippen LogP contribution in [-0.2, 0) is 4.74 Å². The molecule has 29 heavy (non-hydrogen) atoms. The van der Waals surface area contributed by atoms with Crippen LogP contribution < -0.4 is 19.9 Å². The molecule has 2 aliphatic rings. The Morgan fingerprint density at radius 1 is 1.17 bits per heavy atom. The summed E-state index contributed by atoms with van der Waals surface area (Å²) < 4.78 is 11.0. The van der Waals surface area contributed by atoms with Gasteiger partial charge in [0.2, 0.25) is 5.95 Å². The molecule has 1 unspecified atom stereocenters. The van der Waals surface area contributed by atoms with Gasteiger partial charge in [-0.15, -0.1) is 0 Å². The van der Waals surface area contributed by atoms with Crippen LogP contribution in [-0.4, -0.2) is 68.4 Å². The highest BCUT2D eigenvalue weighted by Crippen LogP contribution is 2.28. The molecule has 0 radical (unpaired) electrons. The van der Waals surface area contributed by atoms with Crippen molar-refractivity contribution in [2.75, 3.05) is 56.2 Å². The number of piperazine rings is 1. The molecule has 4 rings (SSSR count). The highest BCUT2D eigenvalue weighted by molar-refractivity contribution is 5.93. The topological polar surface area (TPSA) is 79.8 Å². The number of carbonyl (C=O) groups excluding carboxylic acids is 1. The molecule has 2 aromatic rings. The number of para-hydroxylation sites is 2. The molecular weight excluding hydrogens is 370 g/mol. The summed E-state index contributed by atoms with van der Waals surface area (Å²) in [7, 11) is 1.70. The molecule has 8 nitrogen and oxygen atoms in total. The van der Waals surface area contributed by atoms with Gasteiger partial charge >= 0.3 is 0 Å². The fraction of sp³-hybridized carbons (Fsp3) is 0.476. The second-order valence-electron chi connectivity index (χ2n) is 7.26. The Morgan fingerprint density at radius 3 is 2.59 bits per heavy atom. The van der Waals surface area contributed by atoms with Gasteiger partial charge in [0, 0.05) is 51.7 Å². The van der Waals surface area contributed by atoms with Crippen LogP contribution in [0.1, 0.15) is 23.2 Å². The fourth-order valence-electron chi connectivity index (χ4n) is 3.75. The molecule has 8 heteroatoms. The van der Waals surface area contributed by atoms with Gasteiger partial charge in [0.25, 0.3) is 5.91 Å². The molecule has 1 aromatic heterocycles. The molecule has 1 aromatic carbocycles. The predicted molar refractivity (Wildman–Crippen MR) is 111 cm³/mol. The number of anilines is 2. The summed E-state index contributed by atoms with van der Waals surface area (Å²) in [5, 5.41) is 2.90. The van der Waals surface area contributed by atoms with Crippen LogP contribution in [0.3, 0.4) is 0 Å². The molecule has 0 saturated carbocycles. The average molecular weight is 397 g/mol. The van der Waals surface area contributed by atoms with E-state index >= 15 is 0 Å². The van der Waals surface area contributed by atoms with Crippen molar-refractivity contribution in [3.8, 4) is 5.75 Å². The first-order valence-electron chi connectivity index (χ1n) is 10.1. The smallest absolute Gasteiger partial charge is 0.254 e. The first kappa shape index (κ1) is 19.4. The Morgan fingerprint density at radius 2 is 1.90 bits per heavy atom. The van der Waals surface area contributed by atoms with Crippen LogP contribution in [0.2, 0.25) is 0 Å². The van der Waals surface area contributed by atoms with E-state index in [0.29, 0.717) is 18.1 Å². The first-order chi connectivity index (χ1) is 14.2. The van der Waals surface area contributed by atoms with Crippen LogP contribution in [0.5, 0.6) is 5.75 Å². The van der Waals surface area contributed by atoms with Gasteiger partial charge in [-0.2, -0.15) is 0 Å². The number of hydrogen-bond donors (Lipinski definition) is 1. The van der Waals surface area contributed by atoms with E-state index in [1.54, 1.807) is 19.5 Å². The van der Waals surface area contributed by atoms with Gasteiger partial charge < -0.3 is 24.6 Å². The summed E-state index contributed by atoms with van der Waals surface area (Å²) in [6.45, 7) is 4.64. The first-order valence-corrected chi connectivity index (χ1v) is 10.1. The summed E-state index contributed by atoms with van der Waals surface area (Å²) in [4.78, 5) is 25.5. The standard InChI is InChI=1S/C21H27N5O3/c1-28-19-7-3-2-6-18(19)25-8-10-26(11-9-25)21-23-13-16(14-24-21)20(27)22-15-17-5-4-12-29-17/h2-3,6-7,13-14,17H,4-5,8-12,15H2,1H3,(H,22,27). The number of amides is 1. The molecule has 0 aliphatic carbocycles. The molecular formula is C21H27N5O3. The molecule has 2 aliphatic heterocycles. The largest absolute Gasteiger partial charge is 0.495 e. The van der Waals surface area contributed by atoms with Gasteiger partial charge in [0.15, 0.2) is 0 Å². The lowest BCUT2D eigenvalue weighted by Gasteiger charge is -2.36. The van der Waals surface area contributed by atoms with E-state index in [4.69, 9.17) is 9.47 Å². The highest BCUT2D eigenvalue weighted by atomic mass is 16.5. The minimum absolute atomic E-state index is 0.124. The highest BCUT2D eigenvalue weighted by Gasteiger charge is 2.22. The second kappa shape index (κ2) is 9.09. The predicted octanol–water partition coefficient (Wildman–Crippen LogP) is 1.72. The number of aromatic nitrogens is 2. The zero-order valence-corrected chi connectivity index (χ0v) is 16.7. The van der Waals surface area contributed by atoms with E-state index in [-0.39, 0.29) is 12.0 Å². The molecule has 1 amide bonds. The Hall–Kier alpha value is -2.87. The Bertz CT molecular complexity index is 815. The Balaban J connectivity index is 1.31. The number of nitrogens with zero attached hydrogens (tertiary/aromatic N) is 4. The number of nitrogens with one attached hydrogen (secondary N) is 1. The molecule has 3 heterocycles. The van der Waals surface area contributed by atoms with Crippen molar-refractivity contribution in [3.05, 3.63) is 42.2 Å². The number of rotatable bonds is 6. The molecule has 1 atom stereocenters. The summed E-state index contributed by atoms with van der Waals surface area (Å²) >= 11 is 0. The quantitative estimate of drug-likeness (QED) is 0.795. The SMILES string of the molecule is COc1ccccc1N1CCN(c2ncc(C(=O)NCC3CCCO3)cn2)CC1. The zero-order chi connectivity index (χ0) is 20.1. The van der Waals surface area contributed by atoms with E-state index in [9.17, 15) is 4.79 Å². The third kappa shape index (κ3) is 4.59. The number of hydrogen-bond acceptors (Lipinski definition) is 7. The van der Waals surface area contributed by atoms with Crippen molar-refractivity contribution in [1.82, 2.24) is 15.3 Å². The van der Waals surface area contributed by atoms with Crippen LogP contribution in [0.4, 0.5) is 11.6 Å². The zero-order valence-electron chi connectivity index (χ0n) is 16.7. The minimum atomic E-state index is -0.159. The van der Waals surface area contributed by atoms with Crippen LogP contribution in [0, 0.1) is 0 Å². The molecule has 2 saturated heterocycles. The van der Waals surface area contributed by atoms with Crippen LogP contribution >= 0.6 is 0 Å². The maximum Gasteiger partial charge on any atom is 0.254 e. The summed E-state index contributed by atoms with van der Waals surface area (Å²) in [6.07, 6.45) is 5.37. The van der Waals surface area contributed by atoms with Crippen molar-refractivity contribution < 1.29 is 14.3 Å². The van der Waals surface area contributed by atoms with Gasteiger partial charge in [0.05, 0.1) is 24.5 Å². The summed E-state index contributed by atoms with van der Waals surface area (Å²) in [5.74, 6) is 1.38. The summed E-state index contributed by atoms with van der Waals surface area (Å²) in [5.41, 5.74) is 1.58. The fourth-order valence-corrected chi connectivity index (χ4v) is 3.75. The van der Waals surface area contributed by atoms with Crippen LogP contribution in [0.15, 0.2) is 36.7 Å². The van der Waals surface area contributed by atoms with Gasteiger partial charge in [-0.25, -0.2) is 9.97 Å². The van der Waals surface area contributed by atoms with Gasteiger partial charge in [-0.05, 0) is 25.0 Å². The van der Waals surface area contributed by atoms with Crippen molar-refractivity contribution >= 4 is 17.5 Å². The lowest BCUT2D eigenvalue weighted by atomic mass is 10.2. The monoisotopic (exact) mass is 397 g/mol. The molecule has 0 bridgehead atoms. The molecule has 0 spiro atoms. The van der Waals surface area contributed by atoms with Gasteiger partial charge in [-0.3, -0.25) is 4.79 Å². The van der Waals surface area contributed by atoms with Gasteiger partial charge in [0.1, 0.15) is 5.75 Å². The van der Waals surface area contributed by atoms with Gasteiger partial charge in [-0.1, -0.05) is 12.1 Å². The van der Waals surface area contributed by atoms with E-state index in [0.717, 1.165) is 57.1 Å². The minimum Gasteiger partial charge on any atom is -0.495 e. The van der Waals surface area contributed by atoms with E-state index in [2.05, 4.69) is 31.2 Å². The number of carbonyl (C=O) groups is 1. The number of ether oxygens (including phenoxy) is 2. The second-order valence-corrected chi connectivity index (χ2v) is 7.26. The number of benzene rings is 1. The maximum absolute atomic E-state index is 12.3. The molecule has 2 fully saturated rings. The third-order valence-corrected chi connectivity index (χ3v) is 5.40. The molecule has 154 valence electrons. The van der Waals surface area contributed by atoms with Crippen molar-refractivity contribution in [2.24, 2.45) is 0 Å². The summed E-state index contributed by atoms with van der Waals surface area (Å²) in [6, 6.07) is 8.06. The van der Waals surface area contributed by atoms with Crippen molar-refractivity contribution in [1.29, 1.82) is 0 Å². The van der Waals surface area contributed by atoms with E-state index < -0.39 is 0 Å². The molecule has 1 N–H and O–H groups in total. The average Bonchev–Trinajstić information content (AvgIpc) is 3.31. The van der Waals surface area contributed by atoms with E-state index in [1.807, 2.05) is 18.2 Å².